The Morgan fingerprint density at radius 1 is 1.06 bits per heavy atom. The summed E-state index contributed by atoms with van der Waals surface area (Å²) in [7, 11) is 0. The van der Waals surface area contributed by atoms with Gasteiger partial charge in [0.05, 0.1) is 16.8 Å². The summed E-state index contributed by atoms with van der Waals surface area (Å²) in [6, 6.07) is 15.2. The van der Waals surface area contributed by atoms with Crippen LogP contribution in [0.2, 0.25) is 0 Å². The molecule has 0 saturated heterocycles. The molecular formula is C14H12N2OS. The van der Waals surface area contributed by atoms with Crippen molar-refractivity contribution in [3.8, 4) is 5.75 Å². The summed E-state index contributed by atoms with van der Waals surface area (Å²) in [5, 5.41) is 13.5. The molecule has 0 aliphatic rings. The van der Waals surface area contributed by atoms with E-state index in [4.69, 9.17) is 0 Å². The van der Waals surface area contributed by atoms with E-state index in [1.54, 1.807) is 23.5 Å². The monoisotopic (exact) mass is 256 g/mol. The van der Waals surface area contributed by atoms with Crippen LogP contribution in [0, 0.1) is 0 Å². The highest BCUT2D eigenvalue weighted by atomic mass is 32.1. The van der Waals surface area contributed by atoms with Gasteiger partial charge >= 0.3 is 0 Å². The van der Waals surface area contributed by atoms with Gasteiger partial charge in [-0.1, -0.05) is 12.1 Å². The molecule has 18 heavy (non-hydrogen) atoms. The van der Waals surface area contributed by atoms with E-state index >= 15 is 0 Å². The Labute approximate surface area is 109 Å². The highest BCUT2D eigenvalue weighted by Crippen LogP contribution is 2.22. The van der Waals surface area contributed by atoms with E-state index in [2.05, 4.69) is 16.4 Å². The number of thiazole rings is 1. The van der Waals surface area contributed by atoms with Gasteiger partial charge in [-0.15, -0.1) is 11.3 Å². The maximum atomic E-state index is 9.20. The molecule has 0 bridgehead atoms. The number of aromatic nitrogens is 1. The number of phenolic OH excluding ortho intramolecular Hbond substituents is 1. The quantitative estimate of drug-likeness (QED) is 0.704. The van der Waals surface area contributed by atoms with Crippen LogP contribution in [0.25, 0.3) is 10.2 Å². The average Bonchev–Trinajstić information content (AvgIpc) is 2.81. The smallest absolute Gasteiger partial charge is 0.115 e. The minimum atomic E-state index is 0.278. The third kappa shape index (κ3) is 2.28. The standard InChI is InChI=1S/C14H12N2OS/c17-11-7-5-10(6-8-11)15-9-14-16-12-3-1-2-4-13(12)18-14/h1-8,15,17H,9H2. The predicted molar refractivity (Wildman–Crippen MR) is 75.1 cm³/mol. The van der Waals surface area contributed by atoms with Crippen LogP contribution < -0.4 is 5.32 Å². The number of rotatable bonds is 3. The first kappa shape index (κ1) is 11.0. The van der Waals surface area contributed by atoms with Crippen molar-refractivity contribution in [3.63, 3.8) is 0 Å². The number of para-hydroxylation sites is 1. The molecule has 1 heterocycles. The molecule has 4 heteroatoms. The largest absolute Gasteiger partial charge is 0.508 e. The second-order valence-electron chi connectivity index (χ2n) is 3.98. The van der Waals surface area contributed by atoms with Crippen molar-refractivity contribution in [3.05, 3.63) is 53.5 Å². The van der Waals surface area contributed by atoms with Gasteiger partial charge in [-0.2, -0.15) is 0 Å². The van der Waals surface area contributed by atoms with Crippen LogP contribution in [0.3, 0.4) is 0 Å². The number of nitrogens with zero attached hydrogens (tertiary/aromatic N) is 1. The Balaban J connectivity index is 1.74. The van der Waals surface area contributed by atoms with E-state index in [0.717, 1.165) is 16.2 Å². The summed E-state index contributed by atoms with van der Waals surface area (Å²) in [6.07, 6.45) is 0. The minimum absolute atomic E-state index is 0.278. The van der Waals surface area contributed by atoms with Gasteiger partial charge in [-0.05, 0) is 36.4 Å². The molecule has 0 unspecified atom stereocenters. The van der Waals surface area contributed by atoms with Gasteiger partial charge in [0.2, 0.25) is 0 Å². The van der Waals surface area contributed by atoms with Crippen molar-refractivity contribution >= 4 is 27.2 Å². The summed E-state index contributed by atoms with van der Waals surface area (Å²) in [5.41, 5.74) is 2.03. The number of nitrogens with one attached hydrogen (secondary N) is 1. The number of phenols is 1. The molecule has 0 spiro atoms. The number of hydrogen-bond donors (Lipinski definition) is 2. The van der Waals surface area contributed by atoms with Crippen LogP contribution in [0.4, 0.5) is 5.69 Å². The molecule has 1 aromatic heterocycles. The maximum absolute atomic E-state index is 9.20. The number of fused-ring (bicyclic) bond motifs is 1. The molecule has 3 aromatic rings. The van der Waals surface area contributed by atoms with Crippen molar-refractivity contribution in [2.75, 3.05) is 5.32 Å². The van der Waals surface area contributed by atoms with E-state index in [0.29, 0.717) is 6.54 Å². The fourth-order valence-corrected chi connectivity index (χ4v) is 2.66. The zero-order valence-corrected chi connectivity index (χ0v) is 10.4. The number of aromatic hydroxyl groups is 1. The Hall–Kier alpha value is -2.07. The lowest BCUT2D eigenvalue weighted by Crippen LogP contribution is -1.98. The first-order valence-electron chi connectivity index (χ1n) is 5.68. The van der Waals surface area contributed by atoms with Gasteiger partial charge in [0, 0.05) is 5.69 Å². The number of benzene rings is 2. The second-order valence-corrected chi connectivity index (χ2v) is 5.09. The van der Waals surface area contributed by atoms with E-state index in [-0.39, 0.29) is 5.75 Å². The Morgan fingerprint density at radius 2 is 1.83 bits per heavy atom. The topological polar surface area (TPSA) is 45.1 Å². The highest BCUT2D eigenvalue weighted by Gasteiger charge is 2.02. The van der Waals surface area contributed by atoms with Gasteiger partial charge in [0.25, 0.3) is 0 Å². The van der Waals surface area contributed by atoms with Gasteiger partial charge in [-0.3, -0.25) is 0 Å². The molecule has 90 valence electrons. The average molecular weight is 256 g/mol. The van der Waals surface area contributed by atoms with Crippen LogP contribution in [-0.2, 0) is 6.54 Å². The molecule has 0 radical (unpaired) electrons. The highest BCUT2D eigenvalue weighted by molar-refractivity contribution is 7.18. The first-order valence-corrected chi connectivity index (χ1v) is 6.50. The normalized spacial score (nSPS) is 10.7. The number of hydrogen-bond acceptors (Lipinski definition) is 4. The van der Waals surface area contributed by atoms with Crippen LogP contribution in [0.1, 0.15) is 5.01 Å². The summed E-state index contributed by atoms with van der Waals surface area (Å²) in [6.45, 7) is 0.699. The van der Waals surface area contributed by atoms with E-state index in [1.807, 2.05) is 30.3 Å². The Bertz CT molecular complexity index is 628. The third-order valence-corrected chi connectivity index (χ3v) is 3.69. The van der Waals surface area contributed by atoms with E-state index < -0.39 is 0 Å². The van der Waals surface area contributed by atoms with Crippen molar-refractivity contribution in [1.82, 2.24) is 4.98 Å². The van der Waals surface area contributed by atoms with E-state index in [1.165, 1.54) is 4.70 Å². The first-order chi connectivity index (χ1) is 8.81. The van der Waals surface area contributed by atoms with Crippen molar-refractivity contribution in [1.29, 1.82) is 0 Å². The summed E-state index contributed by atoms with van der Waals surface area (Å²) in [5.74, 6) is 0.278. The molecule has 0 atom stereocenters. The molecule has 0 amide bonds. The Kier molecular flexibility index (Phi) is 2.86. The fraction of sp³-hybridized carbons (Fsp3) is 0.0714. The summed E-state index contributed by atoms with van der Waals surface area (Å²) in [4.78, 5) is 4.55. The fourth-order valence-electron chi connectivity index (χ4n) is 1.75. The van der Waals surface area contributed by atoms with Gasteiger partial charge in [-0.25, -0.2) is 4.98 Å². The molecule has 3 rings (SSSR count). The second kappa shape index (κ2) is 4.66. The Morgan fingerprint density at radius 3 is 2.61 bits per heavy atom. The predicted octanol–water partition coefficient (Wildman–Crippen LogP) is 3.61. The van der Waals surface area contributed by atoms with E-state index in [9.17, 15) is 5.11 Å². The van der Waals surface area contributed by atoms with Gasteiger partial charge < -0.3 is 10.4 Å². The third-order valence-electron chi connectivity index (χ3n) is 2.65. The van der Waals surface area contributed by atoms with Gasteiger partial charge in [0.1, 0.15) is 10.8 Å². The van der Waals surface area contributed by atoms with Crippen LogP contribution in [-0.4, -0.2) is 10.1 Å². The van der Waals surface area contributed by atoms with Crippen LogP contribution in [0.15, 0.2) is 48.5 Å². The summed E-state index contributed by atoms with van der Waals surface area (Å²) >= 11 is 1.70. The maximum Gasteiger partial charge on any atom is 0.115 e. The van der Waals surface area contributed by atoms with Crippen molar-refractivity contribution in [2.24, 2.45) is 0 Å². The molecule has 2 N–H and O–H groups in total. The number of anilines is 1. The zero-order chi connectivity index (χ0) is 12.4. The molecule has 0 fully saturated rings. The molecule has 0 saturated carbocycles. The van der Waals surface area contributed by atoms with Gasteiger partial charge in [0.15, 0.2) is 0 Å². The molecule has 2 aromatic carbocycles. The van der Waals surface area contributed by atoms with Crippen LogP contribution >= 0.6 is 11.3 Å². The lowest BCUT2D eigenvalue weighted by molar-refractivity contribution is 0.475. The summed E-state index contributed by atoms with van der Waals surface area (Å²) < 4.78 is 1.21. The molecule has 3 nitrogen and oxygen atoms in total. The van der Waals surface area contributed by atoms with Crippen molar-refractivity contribution in [2.45, 2.75) is 6.54 Å². The zero-order valence-electron chi connectivity index (χ0n) is 9.63. The minimum Gasteiger partial charge on any atom is -0.508 e. The lowest BCUT2D eigenvalue weighted by Gasteiger charge is -2.03. The van der Waals surface area contributed by atoms with Crippen LogP contribution in [0.5, 0.6) is 5.75 Å². The SMILES string of the molecule is Oc1ccc(NCc2nc3ccccc3s2)cc1. The molecule has 0 aliphatic heterocycles. The van der Waals surface area contributed by atoms with Crippen molar-refractivity contribution < 1.29 is 5.11 Å². The molecular weight excluding hydrogens is 244 g/mol. The lowest BCUT2D eigenvalue weighted by atomic mass is 10.3. The molecule has 0 aliphatic carbocycles.